The summed E-state index contributed by atoms with van der Waals surface area (Å²) in [5.74, 6) is -1.89. The van der Waals surface area contributed by atoms with Gasteiger partial charge in [-0.05, 0) is 31.5 Å². The number of aromatic nitrogens is 2. The molecule has 0 saturated heterocycles. The molecule has 6 nitrogen and oxygen atoms in total. The number of nitrogens with one attached hydrogen (secondary N) is 1. The van der Waals surface area contributed by atoms with Gasteiger partial charge in [-0.2, -0.15) is 5.10 Å². The van der Waals surface area contributed by atoms with Crippen molar-refractivity contribution in [2.24, 2.45) is 0 Å². The molecule has 0 aliphatic heterocycles. The smallest absolute Gasteiger partial charge is 0.331 e. The third kappa shape index (κ3) is 3.87. The third-order valence-corrected chi connectivity index (χ3v) is 3.68. The molecular formula is C15H15ClFN3O3. The molecule has 0 aliphatic rings. The van der Waals surface area contributed by atoms with Gasteiger partial charge < -0.3 is 10.4 Å². The zero-order valence-electron chi connectivity index (χ0n) is 12.5. The summed E-state index contributed by atoms with van der Waals surface area (Å²) in [6, 6.07) is 3.80. The molecule has 1 aromatic heterocycles. The highest BCUT2D eigenvalue weighted by atomic mass is 35.5. The van der Waals surface area contributed by atoms with E-state index in [4.69, 9.17) is 16.7 Å². The molecule has 0 saturated carbocycles. The van der Waals surface area contributed by atoms with Crippen LogP contribution in [0.4, 0.5) is 10.1 Å². The minimum absolute atomic E-state index is 0.0351. The van der Waals surface area contributed by atoms with E-state index in [1.807, 2.05) is 0 Å². The maximum absolute atomic E-state index is 13.0. The number of hydrogen-bond acceptors (Lipinski definition) is 3. The number of carboxylic acids is 1. The lowest BCUT2D eigenvalue weighted by Crippen LogP contribution is -2.35. The lowest BCUT2D eigenvalue weighted by Gasteiger charge is -2.19. The van der Waals surface area contributed by atoms with E-state index in [0.717, 1.165) is 6.07 Å². The molecule has 0 spiro atoms. The molecular weight excluding hydrogens is 325 g/mol. The normalized spacial score (nSPS) is 11.3. The number of halogens is 2. The number of hydrogen-bond donors (Lipinski definition) is 2. The lowest BCUT2D eigenvalue weighted by molar-refractivity contribution is -0.146. The monoisotopic (exact) mass is 339 g/mol. The van der Waals surface area contributed by atoms with Gasteiger partial charge in [0.05, 0.1) is 18.3 Å². The highest BCUT2D eigenvalue weighted by molar-refractivity contribution is 6.31. The van der Waals surface area contributed by atoms with Crippen molar-refractivity contribution in [1.29, 1.82) is 0 Å². The third-order valence-electron chi connectivity index (χ3n) is 3.33. The van der Waals surface area contributed by atoms with E-state index in [1.54, 1.807) is 0 Å². The van der Waals surface area contributed by atoms with E-state index in [0.29, 0.717) is 11.3 Å². The summed E-state index contributed by atoms with van der Waals surface area (Å²) in [7, 11) is 0. The fourth-order valence-corrected chi connectivity index (χ4v) is 2.07. The van der Waals surface area contributed by atoms with Crippen LogP contribution >= 0.6 is 11.6 Å². The van der Waals surface area contributed by atoms with Crippen LogP contribution < -0.4 is 5.32 Å². The Kier molecular flexibility index (Phi) is 4.70. The molecule has 0 radical (unpaired) electrons. The van der Waals surface area contributed by atoms with Gasteiger partial charge in [0.1, 0.15) is 5.82 Å². The van der Waals surface area contributed by atoms with E-state index in [-0.39, 0.29) is 17.4 Å². The molecule has 122 valence electrons. The second-order valence-electron chi connectivity index (χ2n) is 5.50. The number of anilines is 1. The van der Waals surface area contributed by atoms with Gasteiger partial charge in [0.2, 0.25) is 5.91 Å². The first-order valence-electron chi connectivity index (χ1n) is 6.72. The fraction of sp³-hybridized carbons (Fsp3) is 0.267. The van der Waals surface area contributed by atoms with Crippen molar-refractivity contribution >= 4 is 29.2 Å². The Labute approximate surface area is 136 Å². The van der Waals surface area contributed by atoms with Gasteiger partial charge in [-0.1, -0.05) is 17.7 Å². The minimum atomic E-state index is -1.23. The highest BCUT2D eigenvalue weighted by Crippen LogP contribution is 2.20. The average molecular weight is 340 g/mol. The molecule has 1 amide bonds. The Bertz CT molecular complexity index is 758. The summed E-state index contributed by atoms with van der Waals surface area (Å²) in [6.45, 7) is 2.98. The molecule has 0 fully saturated rings. The Hall–Kier alpha value is -2.41. The summed E-state index contributed by atoms with van der Waals surface area (Å²) in [5, 5.41) is 15.8. The molecule has 1 heterocycles. The van der Waals surface area contributed by atoms with Crippen molar-refractivity contribution in [2.45, 2.75) is 25.8 Å². The number of aliphatic carboxylic acids is 1. The topological polar surface area (TPSA) is 84.2 Å². The molecule has 23 heavy (non-hydrogen) atoms. The largest absolute Gasteiger partial charge is 0.479 e. The number of carboxylic acid groups (broad SMARTS) is 1. The average Bonchev–Trinajstić information content (AvgIpc) is 2.91. The van der Waals surface area contributed by atoms with E-state index in [2.05, 4.69) is 10.4 Å². The van der Waals surface area contributed by atoms with Crippen LogP contribution in [-0.4, -0.2) is 26.8 Å². The molecule has 2 N–H and O–H groups in total. The van der Waals surface area contributed by atoms with Crippen molar-refractivity contribution in [1.82, 2.24) is 9.78 Å². The van der Waals surface area contributed by atoms with Crippen molar-refractivity contribution in [3.8, 4) is 0 Å². The molecule has 0 bridgehead atoms. The van der Waals surface area contributed by atoms with Crippen LogP contribution in [0.1, 0.15) is 19.4 Å². The molecule has 8 heteroatoms. The maximum atomic E-state index is 13.0. The van der Waals surface area contributed by atoms with Crippen LogP contribution in [-0.2, 0) is 21.5 Å². The van der Waals surface area contributed by atoms with Gasteiger partial charge in [0, 0.05) is 11.2 Å². The second-order valence-corrected chi connectivity index (χ2v) is 5.91. The van der Waals surface area contributed by atoms with Gasteiger partial charge in [0.25, 0.3) is 0 Å². The molecule has 0 unspecified atom stereocenters. The first-order chi connectivity index (χ1) is 10.7. The standard InChI is InChI=1S/C15H15ClFN3O3/c1-15(2,14(22)23)20-8-11(7-18-20)19-13(21)5-9-3-4-10(17)6-12(9)16/h3-4,6-8H,5H2,1-2H3,(H,19,21)(H,22,23). The van der Waals surface area contributed by atoms with Crippen LogP contribution in [0.3, 0.4) is 0 Å². The molecule has 1 aromatic carbocycles. The van der Waals surface area contributed by atoms with E-state index in [9.17, 15) is 14.0 Å². The number of carbonyl (C=O) groups is 2. The van der Waals surface area contributed by atoms with Crippen LogP contribution in [0.15, 0.2) is 30.6 Å². The first kappa shape index (κ1) is 17.0. The van der Waals surface area contributed by atoms with Crippen LogP contribution in [0.25, 0.3) is 0 Å². The highest BCUT2D eigenvalue weighted by Gasteiger charge is 2.30. The lowest BCUT2D eigenvalue weighted by atomic mass is 10.1. The molecule has 0 atom stereocenters. The van der Waals surface area contributed by atoms with Crippen molar-refractivity contribution in [3.05, 3.63) is 47.0 Å². The first-order valence-corrected chi connectivity index (χ1v) is 7.10. The number of rotatable bonds is 5. The Balaban J connectivity index is 2.07. The van der Waals surface area contributed by atoms with E-state index in [1.165, 1.54) is 43.1 Å². The predicted octanol–water partition coefficient (Wildman–Crippen LogP) is 2.68. The Morgan fingerprint density at radius 1 is 1.43 bits per heavy atom. The van der Waals surface area contributed by atoms with Gasteiger partial charge in [-0.3, -0.25) is 9.48 Å². The Morgan fingerprint density at radius 3 is 2.74 bits per heavy atom. The zero-order chi connectivity index (χ0) is 17.2. The summed E-state index contributed by atoms with van der Waals surface area (Å²) in [5.41, 5.74) is -0.380. The van der Waals surface area contributed by atoms with Gasteiger partial charge in [-0.25, -0.2) is 9.18 Å². The van der Waals surface area contributed by atoms with Crippen molar-refractivity contribution in [2.75, 3.05) is 5.32 Å². The van der Waals surface area contributed by atoms with Crippen LogP contribution in [0.2, 0.25) is 5.02 Å². The number of benzene rings is 1. The summed E-state index contributed by atoms with van der Waals surface area (Å²) >= 11 is 5.87. The summed E-state index contributed by atoms with van der Waals surface area (Å²) < 4.78 is 14.2. The number of carbonyl (C=O) groups excluding carboxylic acids is 1. The molecule has 0 aliphatic carbocycles. The van der Waals surface area contributed by atoms with Crippen molar-refractivity contribution < 1.29 is 19.1 Å². The Morgan fingerprint density at radius 2 is 2.13 bits per heavy atom. The second kappa shape index (κ2) is 6.37. The van der Waals surface area contributed by atoms with Crippen LogP contribution in [0.5, 0.6) is 0 Å². The zero-order valence-corrected chi connectivity index (χ0v) is 13.3. The van der Waals surface area contributed by atoms with Gasteiger partial charge >= 0.3 is 5.97 Å². The van der Waals surface area contributed by atoms with Gasteiger partial charge in [0.15, 0.2) is 5.54 Å². The number of nitrogens with zero attached hydrogens (tertiary/aromatic N) is 2. The number of amides is 1. The molecule has 2 rings (SSSR count). The molecule has 2 aromatic rings. The van der Waals surface area contributed by atoms with Crippen LogP contribution in [0, 0.1) is 5.82 Å². The predicted molar refractivity (Wildman–Crippen MR) is 82.9 cm³/mol. The SMILES string of the molecule is CC(C)(C(=O)O)n1cc(NC(=O)Cc2ccc(F)cc2Cl)cn1. The fourth-order valence-electron chi connectivity index (χ4n) is 1.83. The van der Waals surface area contributed by atoms with Crippen molar-refractivity contribution in [3.63, 3.8) is 0 Å². The summed E-state index contributed by atoms with van der Waals surface area (Å²) in [6.07, 6.45) is 2.75. The maximum Gasteiger partial charge on any atom is 0.331 e. The quantitative estimate of drug-likeness (QED) is 0.877. The summed E-state index contributed by atoms with van der Waals surface area (Å²) in [4.78, 5) is 23.2. The van der Waals surface area contributed by atoms with Gasteiger partial charge in [-0.15, -0.1) is 0 Å². The minimum Gasteiger partial charge on any atom is -0.479 e. The van der Waals surface area contributed by atoms with E-state index < -0.39 is 17.3 Å². The van der Waals surface area contributed by atoms with E-state index >= 15 is 0 Å².